The van der Waals surface area contributed by atoms with Crippen LogP contribution in [0.3, 0.4) is 0 Å². The summed E-state index contributed by atoms with van der Waals surface area (Å²) in [5.74, 6) is -17.5. The number of carboxylic acid groups (broad SMARTS) is 1. The highest BCUT2D eigenvalue weighted by Crippen LogP contribution is 2.35. The van der Waals surface area contributed by atoms with Gasteiger partial charge < -0.3 is 169 Å². The van der Waals surface area contributed by atoms with E-state index in [2.05, 4.69) is 106 Å². The van der Waals surface area contributed by atoms with Crippen molar-refractivity contribution in [2.75, 3.05) is 64.7 Å². The molecule has 0 aliphatic rings. The van der Waals surface area contributed by atoms with Gasteiger partial charge in [-0.15, -0.1) is 0 Å². The molecule has 51 N–H and O–H groups in total. The van der Waals surface area contributed by atoms with Gasteiger partial charge in [-0.1, -0.05) is 10.8 Å². The van der Waals surface area contributed by atoms with E-state index in [4.69, 9.17) is 122 Å². The Morgan fingerprint density at radius 1 is 0.383 bits per heavy atom. The first kappa shape index (κ1) is 114. The summed E-state index contributed by atoms with van der Waals surface area (Å²) in [4.78, 5) is 182. The van der Waals surface area contributed by atoms with E-state index in [0.717, 1.165) is 21.6 Å². The van der Waals surface area contributed by atoms with Crippen molar-refractivity contribution in [2.24, 2.45) is 63.1 Å². The summed E-state index contributed by atoms with van der Waals surface area (Å²) in [5.41, 5.74) is 61.2. The number of nitrogens with two attached hydrogens (primary N) is 11. The van der Waals surface area contributed by atoms with Crippen molar-refractivity contribution in [3.05, 3.63) is 28.4 Å². The van der Waals surface area contributed by atoms with Crippen LogP contribution in [-0.4, -0.2) is 277 Å². The normalized spacial score (nSPS) is 13.3. The molecule has 1 aromatic heterocycles. The molecule has 1 aromatic rings. The van der Waals surface area contributed by atoms with Crippen LogP contribution in [0.15, 0.2) is 23.4 Å². The summed E-state index contributed by atoms with van der Waals surface area (Å²) < 4.78 is 31.7. The quantitative estimate of drug-likeness (QED) is 0.00719. The fourth-order valence-corrected chi connectivity index (χ4v) is 13.1. The molecule has 0 unspecified atom stereocenters. The number of amides is 11. The number of carbonyl (C=O) groups excluding carboxylic acids is 11. The zero-order valence-electron chi connectivity index (χ0n) is 70.2. The number of carboxylic acids is 1. The van der Waals surface area contributed by atoms with Gasteiger partial charge in [0.1, 0.15) is 60.4 Å². The maximum Gasteiger partial charge on any atom is 0.490 e. The molecular weight excluding hydrogens is 1740 g/mol. The van der Waals surface area contributed by atoms with Crippen LogP contribution < -0.4 is 164 Å². The fourth-order valence-electron chi connectivity index (χ4n) is 10.9. The number of aromatic nitrogens is 1. The van der Waals surface area contributed by atoms with Crippen molar-refractivity contribution in [3.8, 4) is 0 Å². The third-order valence-corrected chi connectivity index (χ3v) is 19.6. The largest absolute Gasteiger partial charge is 0.490 e. The van der Waals surface area contributed by atoms with Gasteiger partial charge in [0, 0.05) is 76.9 Å². The highest BCUT2D eigenvalue weighted by atomic mass is 33.1. The molecule has 0 aliphatic heterocycles. The van der Waals surface area contributed by atoms with Gasteiger partial charge in [0.25, 0.3) is 0 Å². The average Bonchev–Trinajstić information content (AvgIpc) is 0.859. The number of pyridine rings is 1. The number of primary amides is 1. The monoisotopic (exact) mass is 1860 g/mol. The Morgan fingerprint density at radius 3 is 0.781 bits per heavy atom. The second-order valence-corrected chi connectivity index (χ2v) is 30.2. The number of hydrogen-bond donors (Lipinski definition) is 40. The second-order valence-electron chi connectivity index (χ2n) is 27.9. The molecule has 1 rings (SSSR count). The van der Waals surface area contributed by atoms with Crippen molar-refractivity contribution >= 4 is 152 Å². The molecule has 0 aromatic carbocycles. The summed E-state index contributed by atoms with van der Waals surface area (Å²) in [5, 5.41) is 137. The summed E-state index contributed by atoms with van der Waals surface area (Å²) >= 11 is 0. The molecule has 61 heteroatoms. The number of nitrogens with zero attached hydrogens (tertiary/aromatic N) is 2. The Kier molecular flexibility index (Phi) is 56.2. The maximum atomic E-state index is 15.0. The van der Waals surface area contributed by atoms with Crippen LogP contribution in [0.4, 0.5) is 18.9 Å². The van der Waals surface area contributed by atoms with E-state index in [-0.39, 0.29) is 197 Å². The predicted octanol–water partition coefficient (Wildman–Crippen LogP) is -10.6. The van der Waals surface area contributed by atoms with E-state index in [0.29, 0.717) is 0 Å². The number of carbonyl (C=O) groups is 12. The number of halogens is 3. The van der Waals surface area contributed by atoms with Crippen LogP contribution in [0.2, 0.25) is 0 Å². The highest BCUT2D eigenvalue weighted by molar-refractivity contribution is 8.76. The van der Waals surface area contributed by atoms with Crippen LogP contribution in [0.1, 0.15) is 122 Å². The minimum absolute atomic E-state index is 0.00646. The molecule has 0 aliphatic carbocycles. The molecule has 720 valence electrons. The molecule has 56 nitrogen and oxygen atoms in total. The van der Waals surface area contributed by atoms with Gasteiger partial charge in [0.2, 0.25) is 65.0 Å². The highest BCUT2D eigenvalue weighted by Gasteiger charge is 2.39. The number of rotatable bonds is 62. The van der Waals surface area contributed by atoms with Gasteiger partial charge >= 0.3 is 17.8 Å². The first-order valence-corrected chi connectivity index (χ1v) is 41.9. The Morgan fingerprint density at radius 2 is 0.586 bits per heavy atom. The summed E-state index contributed by atoms with van der Waals surface area (Å²) in [7, 11) is 1.88. The zero-order valence-corrected chi connectivity index (χ0v) is 71.9. The number of nitrogens with one attached hydrogen (secondary N) is 28. The number of nitro groups is 1. The van der Waals surface area contributed by atoms with Gasteiger partial charge in [0.15, 0.2) is 58.7 Å². The van der Waals surface area contributed by atoms with Crippen LogP contribution in [0, 0.1) is 58.8 Å². The first-order chi connectivity index (χ1) is 60.1. The van der Waals surface area contributed by atoms with Gasteiger partial charge in [-0.2, -0.15) is 13.2 Å². The van der Waals surface area contributed by atoms with E-state index in [1.165, 1.54) is 25.3 Å². The zero-order chi connectivity index (χ0) is 97.2. The summed E-state index contributed by atoms with van der Waals surface area (Å²) in [6, 6.07) is -13.9. The van der Waals surface area contributed by atoms with Gasteiger partial charge in [-0.05, 0) is 139 Å². The summed E-state index contributed by atoms with van der Waals surface area (Å²) in [6.07, 6.45) is -5.44. The number of hydrogen-bond acceptors (Lipinski definition) is 27. The standard InChI is InChI=1S/C65H123N41O13S2.C2HF3O2/c1-33(96-47(109)34(66)32-120-121-56-44(106(118)119)21-11-22-86-56)46(108)98-36(13-3-24-88-58(70)71)49(111)100-38(15-5-26-90-60(74)75)51(113)102-40(17-7-28-92-62(78)79)53(115)104-42(19-9-30-94-64(82)83)55(117)105-43(20-10-31-95-65(84)85)54(116)103-41(18-8-29-93-63(80)81)52(114)101-39(16-6-27-91-61(76)77)50(112)99-37(14-4-25-89-59(72)73)48(110)97-35(45(67)107)12-2-23-87-57(68)69;3-2(4,5)1(6)7/h11,21-22,33-43H,2-10,12-20,23-32,66H2,1H3,(H2,67,107)(H,96,109)(H,97,110)(H,98,108)(H,99,112)(H,100,111)(H,101,114)(H,102,113)(H,103,116)(H,104,115)(H,105,117)(H4,68,69,87)(H4,70,71,88)(H4,72,73,89)(H4,74,75,90)(H4,76,77,91)(H4,78,79,92)(H4,80,81,93)(H4,82,83,94)(H4,84,85,95);(H,6,7)/t33-,34+,35-,36-,37-,38-,39-,40-,41-,42-,43-;/m1./s1. The van der Waals surface area contributed by atoms with E-state index >= 15 is 4.79 Å². The van der Waals surface area contributed by atoms with E-state index in [1.807, 2.05) is 0 Å². The molecule has 1 heterocycles. The third-order valence-electron chi connectivity index (χ3n) is 17.3. The maximum absolute atomic E-state index is 15.0. The Hall–Kier alpha value is -13.9. The molecular formula is C67H124F3N41O15S2. The minimum atomic E-state index is -5.08. The second kappa shape index (κ2) is 63.1. The number of guanidine groups is 9. The molecule has 0 radical (unpaired) electrons. The molecule has 0 saturated carbocycles. The SMILES string of the molecule is C[C@@H](NC(=O)[C@@H](N)CSSc1ncccc1[N+](=O)[O-])C(=O)N[C@H](CCCNC(=N)N)C(=O)N[C@H](CCCNC(=N)N)C(=O)N[C@H](CCCNC(=N)N)C(=O)N[C@H](CCCNC(=N)N)C(=O)N[C@H](CCCNC(=N)N)C(=O)N[C@H](CCCNC(=N)N)C(=O)N[C@H](CCCNC(=N)N)C(=O)N[C@H](CCCNC(=N)N)C(=O)N[C@H](CCCNC(=N)N)C(N)=O.O=C(O)C(F)(F)F. The molecule has 0 bridgehead atoms. The lowest BCUT2D eigenvalue weighted by molar-refractivity contribution is -0.388. The molecule has 0 fully saturated rings. The van der Waals surface area contributed by atoms with E-state index in [9.17, 15) is 71.2 Å². The van der Waals surface area contributed by atoms with E-state index < -0.39 is 196 Å². The van der Waals surface area contributed by atoms with Crippen molar-refractivity contribution in [3.63, 3.8) is 0 Å². The lowest BCUT2D eigenvalue weighted by atomic mass is 10.0. The fraction of sp³-hybridized carbons (Fsp3) is 0.612. The molecule has 0 saturated heterocycles. The van der Waals surface area contributed by atoms with E-state index in [1.54, 1.807) is 0 Å². The van der Waals surface area contributed by atoms with Crippen LogP contribution in [0.5, 0.6) is 0 Å². The van der Waals surface area contributed by atoms with Crippen LogP contribution >= 0.6 is 21.6 Å². The lowest BCUT2D eigenvalue weighted by Crippen LogP contribution is -2.61. The number of aliphatic carboxylic acids is 1. The number of alkyl halides is 3. The third kappa shape index (κ3) is 54.0. The molecule has 11 amide bonds. The molecule has 0 spiro atoms. The predicted molar refractivity (Wildman–Crippen MR) is 467 cm³/mol. The topological polar surface area (TPSA) is 1010 Å². The van der Waals surface area contributed by atoms with Crippen molar-refractivity contribution in [1.82, 2.24) is 106 Å². The lowest BCUT2D eigenvalue weighted by Gasteiger charge is -2.29. The van der Waals surface area contributed by atoms with Gasteiger partial charge in [0.05, 0.1) is 11.0 Å². The average molecular weight is 1870 g/mol. The van der Waals surface area contributed by atoms with Crippen molar-refractivity contribution < 1.29 is 80.7 Å². The van der Waals surface area contributed by atoms with Crippen LogP contribution in [-0.2, 0) is 57.5 Å². The smallest absolute Gasteiger partial charge is 0.475 e. The van der Waals surface area contributed by atoms with Crippen LogP contribution in [0.25, 0.3) is 0 Å². The molecule has 11 atom stereocenters. The summed E-state index contributed by atoms with van der Waals surface area (Å²) in [6.45, 7) is 1.14. The minimum Gasteiger partial charge on any atom is -0.475 e. The first-order valence-electron chi connectivity index (χ1n) is 39.5. The van der Waals surface area contributed by atoms with Crippen molar-refractivity contribution in [2.45, 2.75) is 200 Å². The van der Waals surface area contributed by atoms with Gasteiger partial charge in [-0.25, -0.2) is 9.78 Å². The Balaban J connectivity index is 0.0000220. The Labute approximate surface area is 740 Å². The van der Waals surface area contributed by atoms with Gasteiger partial charge in [-0.3, -0.25) is 112 Å². The molecule has 128 heavy (non-hydrogen) atoms. The Bertz CT molecular complexity index is 3920. The van der Waals surface area contributed by atoms with Crippen molar-refractivity contribution in [1.29, 1.82) is 48.7 Å².